The molecule has 1 fully saturated rings. The predicted octanol–water partition coefficient (Wildman–Crippen LogP) is 9.02. The molecule has 3 atom stereocenters. The molecule has 212 valence electrons. The van der Waals surface area contributed by atoms with E-state index in [-0.39, 0.29) is 29.3 Å². The van der Waals surface area contributed by atoms with Crippen molar-refractivity contribution in [1.82, 2.24) is 5.32 Å². The molecule has 0 radical (unpaired) electrons. The van der Waals surface area contributed by atoms with E-state index in [9.17, 15) is 9.59 Å². The Labute approximate surface area is 234 Å². The lowest BCUT2D eigenvalue weighted by atomic mass is 9.86. The van der Waals surface area contributed by atoms with Gasteiger partial charge in [-0.05, 0) is 25.2 Å². The fourth-order valence-electron chi connectivity index (χ4n) is 4.88. The van der Waals surface area contributed by atoms with E-state index in [1.54, 1.807) is 11.8 Å². The Morgan fingerprint density at radius 2 is 1.39 bits per heavy atom. The number of halogens is 1. The topological polar surface area (TPSA) is 64.6 Å². The van der Waals surface area contributed by atoms with E-state index in [2.05, 4.69) is 28.2 Å². The van der Waals surface area contributed by atoms with Gasteiger partial charge < -0.3 is 14.8 Å². The molecule has 36 heavy (non-hydrogen) atoms. The summed E-state index contributed by atoms with van der Waals surface area (Å²) < 4.78 is 10.5. The number of esters is 1. The first-order valence-electron chi connectivity index (χ1n) is 14.8. The van der Waals surface area contributed by atoms with Gasteiger partial charge in [-0.1, -0.05) is 119 Å². The molecule has 5 nitrogen and oxygen atoms in total. The molecular formula is C29H54BrNO4S. The van der Waals surface area contributed by atoms with E-state index in [4.69, 9.17) is 9.47 Å². The number of amides is 1. The second-order valence-corrected chi connectivity index (χ2v) is 12.3. The summed E-state index contributed by atoms with van der Waals surface area (Å²) in [5, 5.41) is 3.82. The van der Waals surface area contributed by atoms with Gasteiger partial charge in [-0.15, -0.1) is 11.8 Å². The van der Waals surface area contributed by atoms with Crippen LogP contribution < -0.4 is 5.32 Å². The van der Waals surface area contributed by atoms with Crippen molar-refractivity contribution >= 4 is 39.8 Å². The van der Waals surface area contributed by atoms with Crippen LogP contribution in [0.1, 0.15) is 129 Å². The van der Waals surface area contributed by atoms with Crippen molar-refractivity contribution in [3.63, 3.8) is 0 Å². The summed E-state index contributed by atoms with van der Waals surface area (Å²) in [6, 6.07) is 0. The number of hydrogen-bond acceptors (Lipinski definition) is 5. The summed E-state index contributed by atoms with van der Waals surface area (Å²) in [5.74, 6) is 1.18. The Morgan fingerprint density at radius 3 is 1.83 bits per heavy atom. The summed E-state index contributed by atoms with van der Waals surface area (Å²) >= 11 is 5.13. The normalized spacial score (nSPS) is 17.9. The minimum atomic E-state index is -0.324. The lowest BCUT2D eigenvalue weighted by Crippen LogP contribution is -2.43. The van der Waals surface area contributed by atoms with Crippen LogP contribution in [0.4, 0.5) is 4.79 Å². The first kappa shape index (κ1) is 33.6. The largest absolute Gasteiger partial charge is 0.469 e. The lowest BCUT2D eigenvalue weighted by molar-refractivity contribution is -0.142. The summed E-state index contributed by atoms with van der Waals surface area (Å²) in [7, 11) is 1.43. The SMILES string of the molecule is CCCCCCCCCCCCCCCCCCNC(=O)OC1SCC1C(CCCBr)CC(=O)OC. The van der Waals surface area contributed by atoms with Gasteiger partial charge in [-0.2, -0.15) is 0 Å². The standard InChI is InChI=1S/C29H54BrNO4S/c1-3-4-5-6-7-8-9-10-11-12-13-14-15-16-17-18-22-31-29(33)35-28-26(24-36-28)25(20-19-21-30)23-27(32)34-2/h25-26,28H,3-24H2,1-2H3,(H,31,33). The molecule has 0 spiro atoms. The number of unbranched alkanes of at least 4 members (excludes halogenated alkanes) is 15. The molecule has 3 unspecified atom stereocenters. The maximum absolute atomic E-state index is 12.2. The van der Waals surface area contributed by atoms with Crippen LogP contribution in [0, 0.1) is 11.8 Å². The van der Waals surface area contributed by atoms with E-state index in [1.807, 2.05) is 0 Å². The van der Waals surface area contributed by atoms with Crippen molar-refractivity contribution in [3.05, 3.63) is 0 Å². The molecule has 0 saturated carbocycles. The molecule has 1 heterocycles. The molecule has 7 heteroatoms. The molecule has 0 aliphatic carbocycles. The average molecular weight is 593 g/mol. The van der Waals surface area contributed by atoms with Crippen LogP contribution in [0.25, 0.3) is 0 Å². The van der Waals surface area contributed by atoms with E-state index in [0.29, 0.717) is 13.0 Å². The number of thioether (sulfide) groups is 1. The number of carbonyl (C=O) groups is 2. The van der Waals surface area contributed by atoms with Gasteiger partial charge in [0.25, 0.3) is 0 Å². The number of nitrogens with one attached hydrogen (secondary N) is 1. The number of methoxy groups -OCH3 is 1. The van der Waals surface area contributed by atoms with Gasteiger partial charge in [0.15, 0.2) is 5.44 Å². The minimum Gasteiger partial charge on any atom is -0.469 e. The monoisotopic (exact) mass is 591 g/mol. The van der Waals surface area contributed by atoms with E-state index < -0.39 is 0 Å². The van der Waals surface area contributed by atoms with Crippen LogP contribution in [-0.4, -0.2) is 42.2 Å². The van der Waals surface area contributed by atoms with Gasteiger partial charge in [0.2, 0.25) is 0 Å². The van der Waals surface area contributed by atoms with Crippen LogP contribution in [-0.2, 0) is 14.3 Å². The number of alkyl carbamates (subject to hydrolysis) is 1. The van der Waals surface area contributed by atoms with Gasteiger partial charge in [-0.3, -0.25) is 4.79 Å². The molecule has 1 saturated heterocycles. The van der Waals surface area contributed by atoms with Crippen molar-refractivity contribution in [3.8, 4) is 0 Å². The highest BCUT2D eigenvalue weighted by Gasteiger charge is 2.41. The third-order valence-electron chi connectivity index (χ3n) is 7.30. The van der Waals surface area contributed by atoms with Gasteiger partial charge in [-0.25, -0.2) is 4.79 Å². The molecule has 1 aliphatic rings. The van der Waals surface area contributed by atoms with E-state index in [0.717, 1.165) is 36.8 Å². The highest BCUT2D eigenvalue weighted by atomic mass is 79.9. The summed E-state index contributed by atoms with van der Waals surface area (Å²) in [4.78, 5) is 24.0. The van der Waals surface area contributed by atoms with Gasteiger partial charge >= 0.3 is 12.1 Å². The molecule has 1 N–H and O–H groups in total. The maximum atomic E-state index is 12.2. The second kappa shape index (κ2) is 23.7. The Bertz CT molecular complexity index is 551. The molecular weight excluding hydrogens is 538 g/mol. The van der Waals surface area contributed by atoms with Gasteiger partial charge in [0.05, 0.1) is 7.11 Å². The molecule has 0 bridgehead atoms. The Morgan fingerprint density at radius 1 is 0.861 bits per heavy atom. The van der Waals surface area contributed by atoms with Crippen molar-refractivity contribution in [2.24, 2.45) is 11.8 Å². The number of ether oxygens (including phenoxy) is 2. The first-order chi connectivity index (χ1) is 17.6. The zero-order chi connectivity index (χ0) is 26.3. The summed E-state index contributed by atoms with van der Waals surface area (Å²) in [6.07, 6.45) is 23.5. The number of hydrogen-bond donors (Lipinski definition) is 1. The number of carbonyl (C=O) groups excluding carboxylic acids is 2. The molecule has 0 aromatic heterocycles. The first-order valence-corrected chi connectivity index (χ1v) is 17.0. The molecule has 0 aromatic rings. The highest BCUT2D eigenvalue weighted by molar-refractivity contribution is 9.09. The van der Waals surface area contributed by atoms with Crippen LogP contribution in [0.2, 0.25) is 0 Å². The van der Waals surface area contributed by atoms with Crippen LogP contribution in [0.3, 0.4) is 0 Å². The predicted molar refractivity (Wildman–Crippen MR) is 157 cm³/mol. The van der Waals surface area contributed by atoms with E-state index in [1.165, 1.54) is 97.0 Å². The Balaban J connectivity index is 1.96. The molecule has 0 aromatic carbocycles. The number of alkyl halides is 1. The third-order valence-corrected chi connectivity index (χ3v) is 9.21. The van der Waals surface area contributed by atoms with Crippen molar-refractivity contribution < 1.29 is 19.1 Å². The fraction of sp³-hybridized carbons (Fsp3) is 0.931. The lowest BCUT2D eigenvalue weighted by Gasteiger charge is -2.40. The van der Waals surface area contributed by atoms with Crippen LogP contribution >= 0.6 is 27.7 Å². The van der Waals surface area contributed by atoms with Gasteiger partial charge in [0, 0.05) is 30.0 Å². The van der Waals surface area contributed by atoms with Crippen LogP contribution in [0.15, 0.2) is 0 Å². The van der Waals surface area contributed by atoms with Gasteiger partial charge in [0.1, 0.15) is 0 Å². The van der Waals surface area contributed by atoms with E-state index >= 15 is 0 Å². The zero-order valence-electron chi connectivity index (χ0n) is 23.2. The molecule has 1 amide bonds. The van der Waals surface area contributed by atoms with Crippen molar-refractivity contribution in [2.45, 2.75) is 134 Å². The fourth-order valence-corrected chi connectivity index (χ4v) is 6.43. The third kappa shape index (κ3) is 17.1. The van der Waals surface area contributed by atoms with Crippen molar-refractivity contribution in [1.29, 1.82) is 0 Å². The number of rotatable bonds is 24. The summed E-state index contributed by atoms with van der Waals surface area (Å²) in [5.41, 5.74) is -0.152. The minimum absolute atomic E-state index is 0.152. The Kier molecular flexibility index (Phi) is 22.1. The average Bonchev–Trinajstić information content (AvgIpc) is 2.86. The van der Waals surface area contributed by atoms with Crippen LogP contribution in [0.5, 0.6) is 0 Å². The second-order valence-electron chi connectivity index (χ2n) is 10.4. The smallest absolute Gasteiger partial charge is 0.408 e. The zero-order valence-corrected chi connectivity index (χ0v) is 25.6. The Hall–Kier alpha value is -0.430. The highest BCUT2D eigenvalue weighted by Crippen LogP contribution is 2.43. The molecule has 1 aliphatic heterocycles. The summed E-state index contributed by atoms with van der Waals surface area (Å²) in [6.45, 7) is 2.95. The quantitative estimate of drug-likeness (QED) is 0.0688. The maximum Gasteiger partial charge on any atom is 0.408 e. The molecule has 1 rings (SSSR count). The van der Waals surface area contributed by atoms with Crippen molar-refractivity contribution in [2.75, 3.05) is 24.7 Å².